The van der Waals surface area contributed by atoms with Crippen LogP contribution in [0.1, 0.15) is 17.0 Å². The molecule has 1 aromatic heterocycles. The molecule has 0 radical (unpaired) electrons. The first-order chi connectivity index (χ1) is 12.0. The summed E-state index contributed by atoms with van der Waals surface area (Å²) >= 11 is 12.6. The number of nitrogens with zero attached hydrogens (tertiary/aromatic N) is 1. The zero-order chi connectivity index (χ0) is 17.6. The summed E-state index contributed by atoms with van der Waals surface area (Å²) in [7, 11) is 0. The fourth-order valence-electron chi connectivity index (χ4n) is 2.70. The molecule has 0 unspecified atom stereocenters. The van der Waals surface area contributed by atoms with E-state index < -0.39 is 0 Å². The lowest BCUT2D eigenvalue weighted by atomic mass is 10.1. The van der Waals surface area contributed by atoms with E-state index in [-0.39, 0.29) is 17.4 Å². The quantitative estimate of drug-likeness (QED) is 0.723. The summed E-state index contributed by atoms with van der Waals surface area (Å²) < 4.78 is 10.6. The maximum absolute atomic E-state index is 12.3. The van der Waals surface area contributed by atoms with E-state index >= 15 is 0 Å². The van der Waals surface area contributed by atoms with E-state index in [0.29, 0.717) is 38.8 Å². The van der Waals surface area contributed by atoms with Crippen molar-refractivity contribution in [3.63, 3.8) is 0 Å². The van der Waals surface area contributed by atoms with Crippen LogP contribution in [-0.2, 0) is 0 Å². The van der Waals surface area contributed by atoms with Crippen LogP contribution in [0.2, 0.25) is 5.02 Å². The number of halogens is 2. The van der Waals surface area contributed by atoms with Crippen LogP contribution in [0.3, 0.4) is 0 Å². The maximum atomic E-state index is 12.3. The number of hydrogen-bond donors (Lipinski definition) is 1. The van der Waals surface area contributed by atoms with Gasteiger partial charge in [0.1, 0.15) is 0 Å². The highest BCUT2D eigenvalue weighted by molar-refractivity contribution is 6.50. The van der Waals surface area contributed by atoms with Crippen molar-refractivity contribution in [2.24, 2.45) is 0 Å². The van der Waals surface area contributed by atoms with Crippen molar-refractivity contribution in [2.75, 3.05) is 6.79 Å². The van der Waals surface area contributed by atoms with Gasteiger partial charge in [0.25, 0.3) is 5.56 Å². The Bertz CT molecular complexity index is 1090. The molecule has 2 aromatic carbocycles. The molecule has 4 rings (SSSR count). The van der Waals surface area contributed by atoms with Crippen molar-refractivity contribution in [3.8, 4) is 11.5 Å². The first kappa shape index (κ1) is 16.0. The fraction of sp³-hybridized carbons (Fsp3) is 0.111. The van der Waals surface area contributed by atoms with Crippen molar-refractivity contribution in [3.05, 3.63) is 62.7 Å². The summed E-state index contributed by atoms with van der Waals surface area (Å²) in [6, 6.07) is 8.92. The van der Waals surface area contributed by atoms with E-state index in [9.17, 15) is 4.79 Å². The van der Waals surface area contributed by atoms with Crippen LogP contribution in [0.4, 0.5) is 0 Å². The number of hydrogen-bond acceptors (Lipinski definition) is 4. The molecule has 0 bridgehead atoms. The molecule has 3 aromatic rings. The molecule has 2 heterocycles. The molecule has 5 nitrogen and oxygen atoms in total. The van der Waals surface area contributed by atoms with Gasteiger partial charge in [-0.15, -0.1) is 0 Å². The first-order valence-corrected chi connectivity index (χ1v) is 8.25. The largest absolute Gasteiger partial charge is 0.454 e. The number of fused-ring (bicyclic) bond motifs is 2. The van der Waals surface area contributed by atoms with Crippen LogP contribution in [-0.4, -0.2) is 16.8 Å². The second-order valence-electron chi connectivity index (χ2n) is 5.61. The molecule has 7 heteroatoms. The zero-order valence-electron chi connectivity index (χ0n) is 13.1. The maximum Gasteiger partial charge on any atom is 0.259 e. The van der Waals surface area contributed by atoms with Gasteiger partial charge in [0, 0.05) is 0 Å². The molecule has 0 aliphatic carbocycles. The first-order valence-electron chi connectivity index (χ1n) is 7.49. The Morgan fingerprint density at radius 1 is 1.32 bits per heavy atom. The van der Waals surface area contributed by atoms with Gasteiger partial charge in [0.2, 0.25) is 6.79 Å². The van der Waals surface area contributed by atoms with Crippen molar-refractivity contribution >= 4 is 45.2 Å². The SMILES string of the molecule is Cc1cccc2c(=O)[nH]c(/C(Cl)=C\c3cc(Cl)c4c(c3)OCO4)nc12. The van der Waals surface area contributed by atoms with Crippen molar-refractivity contribution < 1.29 is 9.47 Å². The molecule has 0 atom stereocenters. The molecule has 0 saturated heterocycles. The summed E-state index contributed by atoms with van der Waals surface area (Å²) in [6.07, 6.45) is 1.66. The Labute approximate surface area is 152 Å². The average molecular weight is 375 g/mol. The number of para-hydroxylation sites is 1. The third kappa shape index (κ3) is 2.86. The smallest absolute Gasteiger partial charge is 0.259 e. The van der Waals surface area contributed by atoms with Gasteiger partial charge in [-0.05, 0) is 42.3 Å². The van der Waals surface area contributed by atoms with Crippen LogP contribution in [0.25, 0.3) is 22.0 Å². The van der Waals surface area contributed by atoms with Crippen molar-refractivity contribution in [1.29, 1.82) is 0 Å². The van der Waals surface area contributed by atoms with Gasteiger partial charge in [0.15, 0.2) is 17.3 Å². The third-order valence-electron chi connectivity index (χ3n) is 3.91. The monoisotopic (exact) mass is 374 g/mol. The minimum Gasteiger partial charge on any atom is -0.454 e. The zero-order valence-corrected chi connectivity index (χ0v) is 14.6. The van der Waals surface area contributed by atoms with Gasteiger partial charge in [0.05, 0.1) is 21.0 Å². The summed E-state index contributed by atoms with van der Waals surface area (Å²) in [6.45, 7) is 2.03. The number of benzene rings is 2. The lowest BCUT2D eigenvalue weighted by Crippen LogP contribution is -2.11. The molecule has 0 spiro atoms. The Morgan fingerprint density at radius 3 is 3.00 bits per heavy atom. The highest BCUT2D eigenvalue weighted by Gasteiger charge is 2.18. The third-order valence-corrected chi connectivity index (χ3v) is 4.48. The molecule has 0 fully saturated rings. The number of ether oxygens (including phenoxy) is 2. The lowest BCUT2D eigenvalue weighted by Gasteiger charge is -2.05. The van der Waals surface area contributed by atoms with Crippen LogP contribution >= 0.6 is 23.2 Å². The Hall–Kier alpha value is -2.50. The molecular formula is C18H12Cl2N2O3. The predicted octanol–water partition coefficient (Wildman–Crippen LogP) is 4.35. The van der Waals surface area contributed by atoms with Crippen molar-refractivity contribution in [1.82, 2.24) is 9.97 Å². The van der Waals surface area contributed by atoms with Gasteiger partial charge < -0.3 is 14.5 Å². The van der Waals surface area contributed by atoms with Crippen LogP contribution < -0.4 is 15.0 Å². The topological polar surface area (TPSA) is 64.2 Å². The Morgan fingerprint density at radius 2 is 2.16 bits per heavy atom. The number of aromatic nitrogens is 2. The number of H-pyrrole nitrogens is 1. The van der Waals surface area contributed by atoms with Crippen LogP contribution in [0.15, 0.2) is 35.1 Å². The van der Waals surface area contributed by atoms with E-state index in [1.807, 2.05) is 19.1 Å². The minimum absolute atomic E-state index is 0.134. The van der Waals surface area contributed by atoms with E-state index in [0.717, 1.165) is 5.56 Å². The Kier molecular flexibility index (Phi) is 3.90. The highest BCUT2D eigenvalue weighted by Crippen LogP contribution is 2.40. The summed E-state index contributed by atoms with van der Waals surface area (Å²) in [5, 5.41) is 1.25. The molecule has 25 heavy (non-hydrogen) atoms. The molecule has 1 aliphatic rings. The van der Waals surface area contributed by atoms with Crippen LogP contribution in [0, 0.1) is 6.92 Å². The predicted molar refractivity (Wildman–Crippen MR) is 98.4 cm³/mol. The lowest BCUT2D eigenvalue weighted by molar-refractivity contribution is 0.174. The normalized spacial score (nSPS) is 13.5. The van der Waals surface area contributed by atoms with E-state index in [1.54, 1.807) is 24.3 Å². The molecular weight excluding hydrogens is 363 g/mol. The number of rotatable bonds is 2. The number of aryl methyl sites for hydroxylation is 1. The number of nitrogens with one attached hydrogen (secondary N) is 1. The second-order valence-corrected chi connectivity index (χ2v) is 6.43. The van der Waals surface area contributed by atoms with Gasteiger partial charge >= 0.3 is 0 Å². The standard InChI is InChI=1S/C18H12Cl2N2O3/c1-9-3-2-4-11-15(9)21-17(22-18(11)23)13(20)6-10-5-12(19)16-14(7-10)24-8-25-16/h2-7H,8H2,1H3,(H,21,22,23)/b13-6+. The summed E-state index contributed by atoms with van der Waals surface area (Å²) in [4.78, 5) is 19.5. The van der Waals surface area contributed by atoms with E-state index in [1.165, 1.54) is 0 Å². The summed E-state index contributed by atoms with van der Waals surface area (Å²) in [5.74, 6) is 1.36. The van der Waals surface area contributed by atoms with Gasteiger partial charge in [-0.2, -0.15) is 0 Å². The van der Waals surface area contributed by atoms with Crippen molar-refractivity contribution in [2.45, 2.75) is 6.92 Å². The van der Waals surface area contributed by atoms with Crippen LogP contribution in [0.5, 0.6) is 11.5 Å². The highest BCUT2D eigenvalue weighted by atomic mass is 35.5. The number of aromatic amines is 1. The van der Waals surface area contributed by atoms with Gasteiger partial charge in [-0.25, -0.2) is 4.98 Å². The molecule has 1 N–H and O–H groups in total. The second kappa shape index (κ2) is 6.10. The van der Waals surface area contributed by atoms with Gasteiger partial charge in [-0.1, -0.05) is 35.3 Å². The Balaban J connectivity index is 1.81. The van der Waals surface area contributed by atoms with E-state index in [4.69, 9.17) is 32.7 Å². The minimum atomic E-state index is -0.237. The fourth-order valence-corrected chi connectivity index (χ4v) is 3.19. The molecule has 1 aliphatic heterocycles. The average Bonchev–Trinajstić information content (AvgIpc) is 3.04. The molecule has 0 saturated carbocycles. The summed E-state index contributed by atoms with van der Waals surface area (Å²) in [5.41, 5.74) is 2.00. The van der Waals surface area contributed by atoms with E-state index in [2.05, 4.69) is 9.97 Å². The molecule has 126 valence electrons. The van der Waals surface area contributed by atoms with Gasteiger partial charge in [-0.3, -0.25) is 4.79 Å². The molecule has 0 amide bonds.